The Morgan fingerprint density at radius 1 is 1.30 bits per heavy atom. The summed E-state index contributed by atoms with van der Waals surface area (Å²) in [5.41, 5.74) is 3.36. The molecule has 4 rings (SSSR count). The zero-order valence-corrected chi connectivity index (χ0v) is 13.3. The third-order valence-corrected chi connectivity index (χ3v) is 4.97. The van der Waals surface area contributed by atoms with Crippen LogP contribution in [-0.2, 0) is 23.2 Å². The van der Waals surface area contributed by atoms with Crippen molar-refractivity contribution >= 4 is 0 Å². The van der Waals surface area contributed by atoms with Crippen molar-refractivity contribution in [1.29, 1.82) is 0 Å². The van der Waals surface area contributed by atoms with Gasteiger partial charge in [0.15, 0.2) is 0 Å². The van der Waals surface area contributed by atoms with E-state index in [1.54, 1.807) is 7.11 Å². The molecule has 0 aliphatic carbocycles. The molecule has 0 aromatic carbocycles. The number of aromatic amines is 1. The zero-order valence-electron chi connectivity index (χ0n) is 13.3. The quantitative estimate of drug-likeness (QED) is 0.919. The molecule has 2 aromatic heterocycles. The van der Waals surface area contributed by atoms with Crippen LogP contribution in [0.25, 0.3) is 0 Å². The molecule has 7 heteroatoms. The second kappa shape index (κ2) is 5.90. The number of imidazole rings is 1. The number of aromatic nitrogens is 4. The van der Waals surface area contributed by atoms with Crippen molar-refractivity contribution in [3.05, 3.63) is 35.5 Å². The van der Waals surface area contributed by atoms with E-state index in [4.69, 9.17) is 9.47 Å². The van der Waals surface area contributed by atoms with Crippen LogP contribution in [0.2, 0.25) is 0 Å². The SMILES string of the molecule is COc1ccc(CN2CCc3[nH]cnc3C23CCOCC3)nn1. The Hall–Kier alpha value is -1.99. The van der Waals surface area contributed by atoms with Gasteiger partial charge in [-0.1, -0.05) is 0 Å². The molecule has 2 aliphatic heterocycles. The van der Waals surface area contributed by atoms with E-state index in [0.717, 1.165) is 51.3 Å². The Kier molecular flexibility index (Phi) is 3.74. The van der Waals surface area contributed by atoms with Crippen molar-refractivity contribution in [1.82, 2.24) is 25.1 Å². The highest BCUT2D eigenvalue weighted by molar-refractivity contribution is 5.27. The highest BCUT2D eigenvalue weighted by atomic mass is 16.5. The van der Waals surface area contributed by atoms with E-state index in [1.807, 2.05) is 18.5 Å². The maximum absolute atomic E-state index is 5.61. The summed E-state index contributed by atoms with van der Waals surface area (Å²) in [6.45, 7) is 3.31. The molecule has 0 amide bonds. The summed E-state index contributed by atoms with van der Waals surface area (Å²) >= 11 is 0. The number of rotatable bonds is 3. The third kappa shape index (κ3) is 2.49. The number of ether oxygens (including phenoxy) is 2. The molecular formula is C16H21N5O2. The van der Waals surface area contributed by atoms with Crippen LogP contribution < -0.4 is 4.74 Å². The van der Waals surface area contributed by atoms with Gasteiger partial charge in [0.25, 0.3) is 0 Å². The van der Waals surface area contributed by atoms with E-state index >= 15 is 0 Å². The van der Waals surface area contributed by atoms with Crippen LogP contribution >= 0.6 is 0 Å². The van der Waals surface area contributed by atoms with E-state index in [0.29, 0.717) is 5.88 Å². The number of hydrogen-bond acceptors (Lipinski definition) is 6. The molecule has 23 heavy (non-hydrogen) atoms. The average molecular weight is 315 g/mol. The van der Waals surface area contributed by atoms with Crippen LogP contribution in [-0.4, -0.2) is 51.9 Å². The van der Waals surface area contributed by atoms with Gasteiger partial charge in [0.05, 0.1) is 30.4 Å². The van der Waals surface area contributed by atoms with Gasteiger partial charge < -0.3 is 14.5 Å². The summed E-state index contributed by atoms with van der Waals surface area (Å²) < 4.78 is 10.7. The monoisotopic (exact) mass is 315 g/mol. The van der Waals surface area contributed by atoms with Crippen molar-refractivity contribution < 1.29 is 9.47 Å². The first-order chi connectivity index (χ1) is 11.3. The minimum Gasteiger partial charge on any atom is -0.480 e. The van der Waals surface area contributed by atoms with Gasteiger partial charge in [0.1, 0.15) is 0 Å². The summed E-state index contributed by atoms with van der Waals surface area (Å²) in [5.74, 6) is 0.544. The van der Waals surface area contributed by atoms with Crippen molar-refractivity contribution in [2.24, 2.45) is 0 Å². The predicted molar refractivity (Wildman–Crippen MR) is 83.0 cm³/mol. The van der Waals surface area contributed by atoms with E-state index < -0.39 is 0 Å². The predicted octanol–water partition coefficient (Wildman–Crippen LogP) is 1.27. The Morgan fingerprint density at radius 3 is 2.91 bits per heavy atom. The largest absolute Gasteiger partial charge is 0.480 e. The van der Waals surface area contributed by atoms with Crippen LogP contribution in [0, 0.1) is 0 Å². The van der Waals surface area contributed by atoms with Gasteiger partial charge in [-0.2, -0.15) is 5.10 Å². The molecule has 1 N–H and O–H groups in total. The van der Waals surface area contributed by atoms with Crippen LogP contribution in [0.1, 0.15) is 29.9 Å². The Bertz CT molecular complexity index is 663. The Labute approximate surface area is 135 Å². The van der Waals surface area contributed by atoms with E-state index in [-0.39, 0.29) is 5.54 Å². The molecule has 2 aromatic rings. The number of nitrogens with one attached hydrogen (secondary N) is 1. The fourth-order valence-corrected chi connectivity index (χ4v) is 3.75. The summed E-state index contributed by atoms with van der Waals surface area (Å²) in [6.07, 6.45) is 4.74. The highest BCUT2D eigenvalue weighted by Gasteiger charge is 2.45. The van der Waals surface area contributed by atoms with Crippen LogP contribution in [0.3, 0.4) is 0 Å². The normalized spacial score (nSPS) is 20.4. The van der Waals surface area contributed by atoms with Gasteiger partial charge in [-0.15, -0.1) is 5.10 Å². The fourth-order valence-electron chi connectivity index (χ4n) is 3.75. The maximum Gasteiger partial charge on any atom is 0.233 e. The topological polar surface area (TPSA) is 76.2 Å². The van der Waals surface area contributed by atoms with Crippen LogP contribution in [0.4, 0.5) is 0 Å². The summed E-state index contributed by atoms with van der Waals surface area (Å²) in [6, 6.07) is 3.85. The smallest absolute Gasteiger partial charge is 0.233 e. The molecular weight excluding hydrogens is 294 g/mol. The number of methoxy groups -OCH3 is 1. The van der Waals surface area contributed by atoms with Crippen molar-refractivity contribution in [2.75, 3.05) is 26.9 Å². The lowest BCUT2D eigenvalue weighted by atomic mass is 9.80. The van der Waals surface area contributed by atoms with Gasteiger partial charge in [-0.3, -0.25) is 4.90 Å². The summed E-state index contributed by atoms with van der Waals surface area (Å²) in [5, 5.41) is 8.37. The van der Waals surface area contributed by atoms with E-state index in [1.165, 1.54) is 11.4 Å². The lowest BCUT2D eigenvalue weighted by Crippen LogP contribution is -2.53. The van der Waals surface area contributed by atoms with Crippen molar-refractivity contribution in [3.8, 4) is 5.88 Å². The first kappa shape index (κ1) is 14.6. The minimum atomic E-state index is -0.0482. The summed E-state index contributed by atoms with van der Waals surface area (Å²) in [4.78, 5) is 10.4. The molecule has 4 heterocycles. The molecule has 122 valence electrons. The zero-order chi connectivity index (χ0) is 15.7. The minimum absolute atomic E-state index is 0.0482. The van der Waals surface area contributed by atoms with Crippen molar-refractivity contribution in [2.45, 2.75) is 31.3 Å². The second-order valence-corrected chi connectivity index (χ2v) is 6.11. The Morgan fingerprint density at radius 2 is 2.17 bits per heavy atom. The maximum atomic E-state index is 5.61. The molecule has 0 radical (unpaired) electrons. The van der Waals surface area contributed by atoms with E-state index in [9.17, 15) is 0 Å². The molecule has 2 aliphatic rings. The lowest BCUT2D eigenvalue weighted by Gasteiger charge is -2.48. The van der Waals surface area contributed by atoms with Crippen LogP contribution in [0.15, 0.2) is 18.5 Å². The third-order valence-electron chi connectivity index (χ3n) is 4.97. The van der Waals surface area contributed by atoms with E-state index in [2.05, 4.69) is 25.1 Å². The first-order valence-corrected chi connectivity index (χ1v) is 8.04. The molecule has 7 nitrogen and oxygen atoms in total. The molecule has 0 atom stereocenters. The van der Waals surface area contributed by atoms with Gasteiger partial charge in [-0.05, 0) is 18.9 Å². The number of H-pyrrole nitrogens is 1. The number of fused-ring (bicyclic) bond motifs is 2. The molecule has 1 fully saturated rings. The van der Waals surface area contributed by atoms with Gasteiger partial charge in [-0.25, -0.2) is 4.98 Å². The summed E-state index contributed by atoms with van der Waals surface area (Å²) in [7, 11) is 1.60. The van der Waals surface area contributed by atoms with Crippen molar-refractivity contribution in [3.63, 3.8) is 0 Å². The lowest BCUT2D eigenvalue weighted by molar-refractivity contribution is -0.0456. The number of hydrogen-bond donors (Lipinski definition) is 1. The molecule has 1 spiro atoms. The first-order valence-electron chi connectivity index (χ1n) is 8.04. The van der Waals surface area contributed by atoms with Gasteiger partial charge in [0, 0.05) is 44.5 Å². The second-order valence-electron chi connectivity index (χ2n) is 6.11. The molecule has 0 bridgehead atoms. The standard InChI is InChI=1S/C16H21N5O2/c1-22-14-3-2-12(19-20-14)10-21-7-4-13-15(18-11-17-13)16(21)5-8-23-9-6-16/h2-3,11H,4-10H2,1H3,(H,17,18). The Balaban J connectivity index is 1.63. The molecule has 0 saturated carbocycles. The molecule has 1 saturated heterocycles. The van der Waals surface area contributed by atoms with Gasteiger partial charge in [0.2, 0.25) is 5.88 Å². The molecule has 0 unspecified atom stereocenters. The fraction of sp³-hybridized carbons (Fsp3) is 0.562. The van der Waals surface area contributed by atoms with Crippen LogP contribution in [0.5, 0.6) is 5.88 Å². The average Bonchev–Trinajstić information content (AvgIpc) is 3.09. The highest BCUT2D eigenvalue weighted by Crippen LogP contribution is 2.42. The number of nitrogens with zero attached hydrogens (tertiary/aromatic N) is 4. The van der Waals surface area contributed by atoms with Gasteiger partial charge >= 0.3 is 0 Å².